The van der Waals surface area contributed by atoms with Gasteiger partial charge in [0.2, 0.25) is 6.43 Å². The van der Waals surface area contributed by atoms with Crippen molar-refractivity contribution in [1.29, 1.82) is 0 Å². The predicted octanol–water partition coefficient (Wildman–Crippen LogP) is 2.78. The van der Waals surface area contributed by atoms with E-state index < -0.39 is 18.3 Å². The summed E-state index contributed by atoms with van der Waals surface area (Å²) in [5.41, 5.74) is 0. The Kier molecular flexibility index (Phi) is 3.84. The molecule has 14 heavy (non-hydrogen) atoms. The summed E-state index contributed by atoms with van der Waals surface area (Å²) >= 11 is 0. The Labute approximate surface area is 82.3 Å². The number of carboxylic acid groups (broad SMARTS) is 1. The number of hydrogen-bond donors (Lipinski definition) is 1. The molecule has 1 N–H and O–H groups in total. The third kappa shape index (κ3) is 2.66. The highest BCUT2D eigenvalue weighted by molar-refractivity contribution is 5.69. The van der Waals surface area contributed by atoms with E-state index in [1.54, 1.807) is 6.92 Å². The molecule has 0 bridgehead atoms. The summed E-state index contributed by atoms with van der Waals surface area (Å²) < 4.78 is 24.7. The fourth-order valence-corrected chi connectivity index (χ4v) is 2.10. The van der Waals surface area contributed by atoms with Crippen LogP contribution in [0.3, 0.4) is 0 Å². The normalized spacial score (nSPS) is 30.3. The minimum Gasteiger partial charge on any atom is -0.481 e. The molecule has 4 heteroatoms. The number of carboxylic acids is 1. The van der Waals surface area contributed by atoms with Crippen LogP contribution in [0.4, 0.5) is 8.78 Å². The van der Waals surface area contributed by atoms with Gasteiger partial charge in [-0.3, -0.25) is 4.79 Å². The molecule has 1 aliphatic rings. The lowest BCUT2D eigenvalue weighted by Crippen LogP contribution is -2.27. The molecule has 0 aromatic heterocycles. The van der Waals surface area contributed by atoms with Crippen molar-refractivity contribution in [3.63, 3.8) is 0 Å². The van der Waals surface area contributed by atoms with E-state index in [0.717, 1.165) is 0 Å². The second kappa shape index (κ2) is 4.71. The summed E-state index contributed by atoms with van der Waals surface area (Å²) in [7, 11) is 0. The smallest absolute Gasteiger partial charge is 0.306 e. The number of alkyl halides is 2. The zero-order chi connectivity index (χ0) is 10.7. The summed E-state index contributed by atoms with van der Waals surface area (Å²) in [4.78, 5) is 10.6. The van der Waals surface area contributed by atoms with Crippen LogP contribution in [0.1, 0.15) is 32.6 Å². The van der Waals surface area contributed by atoms with Crippen molar-refractivity contribution in [3.05, 3.63) is 0 Å². The van der Waals surface area contributed by atoms with Crippen molar-refractivity contribution in [1.82, 2.24) is 0 Å². The molecule has 1 saturated carbocycles. The van der Waals surface area contributed by atoms with Crippen LogP contribution in [0.5, 0.6) is 0 Å². The lowest BCUT2D eigenvalue weighted by molar-refractivity contribution is -0.143. The predicted molar refractivity (Wildman–Crippen MR) is 48.3 cm³/mol. The fraction of sp³-hybridized carbons (Fsp3) is 0.900. The molecule has 2 nitrogen and oxygen atoms in total. The van der Waals surface area contributed by atoms with Crippen LogP contribution in [0, 0.1) is 17.8 Å². The van der Waals surface area contributed by atoms with E-state index in [0.29, 0.717) is 25.7 Å². The van der Waals surface area contributed by atoms with Crippen molar-refractivity contribution in [2.24, 2.45) is 17.8 Å². The van der Waals surface area contributed by atoms with Crippen LogP contribution in [-0.2, 0) is 4.79 Å². The Hall–Kier alpha value is -0.670. The third-order valence-electron chi connectivity index (χ3n) is 3.26. The number of rotatable bonds is 3. The summed E-state index contributed by atoms with van der Waals surface area (Å²) in [6.07, 6.45) is 0.0837. The maximum atomic E-state index is 12.4. The molecule has 0 spiro atoms. The van der Waals surface area contributed by atoms with Crippen molar-refractivity contribution < 1.29 is 18.7 Å². The maximum Gasteiger partial charge on any atom is 0.306 e. The summed E-state index contributed by atoms with van der Waals surface area (Å²) in [5.74, 6) is -1.68. The van der Waals surface area contributed by atoms with Gasteiger partial charge in [-0.25, -0.2) is 8.78 Å². The van der Waals surface area contributed by atoms with Crippen molar-refractivity contribution in [2.75, 3.05) is 0 Å². The number of aliphatic carboxylic acids is 1. The fourth-order valence-electron chi connectivity index (χ4n) is 2.10. The second-order valence-electron chi connectivity index (χ2n) is 4.14. The Morgan fingerprint density at radius 1 is 1.29 bits per heavy atom. The van der Waals surface area contributed by atoms with E-state index in [1.807, 2.05) is 0 Å². The van der Waals surface area contributed by atoms with Gasteiger partial charge in [0.15, 0.2) is 0 Å². The van der Waals surface area contributed by atoms with Crippen LogP contribution in [0.25, 0.3) is 0 Å². The van der Waals surface area contributed by atoms with Crippen LogP contribution < -0.4 is 0 Å². The van der Waals surface area contributed by atoms with Crippen molar-refractivity contribution in [3.8, 4) is 0 Å². The minimum atomic E-state index is -2.28. The number of carbonyl (C=O) groups is 1. The molecule has 0 amide bonds. The highest BCUT2D eigenvalue weighted by Crippen LogP contribution is 2.35. The van der Waals surface area contributed by atoms with E-state index >= 15 is 0 Å². The first-order valence-electron chi connectivity index (χ1n) is 5.03. The van der Waals surface area contributed by atoms with Gasteiger partial charge in [-0.05, 0) is 31.6 Å². The molecule has 0 heterocycles. The molecule has 82 valence electrons. The van der Waals surface area contributed by atoms with Crippen LogP contribution >= 0.6 is 0 Å². The standard InChI is InChI=1S/C10H16F2O2/c1-6(9(11)12)7-2-4-8(5-3-7)10(13)14/h6-9H,2-5H2,1H3,(H,13,14)/t6-,7?,8?/m0/s1. The van der Waals surface area contributed by atoms with Gasteiger partial charge in [0.25, 0.3) is 0 Å². The monoisotopic (exact) mass is 206 g/mol. The molecule has 0 aromatic rings. The van der Waals surface area contributed by atoms with E-state index in [4.69, 9.17) is 5.11 Å². The molecule has 0 saturated heterocycles. The molecule has 1 atom stereocenters. The third-order valence-corrected chi connectivity index (χ3v) is 3.26. The Morgan fingerprint density at radius 3 is 2.14 bits per heavy atom. The van der Waals surface area contributed by atoms with Gasteiger partial charge in [0.05, 0.1) is 5.92 Å². The molecule has 0 aliphatic heterocycles. The zero-order valence-electron chi connectivity index (χ0n) is 8.25. The van der Waals surface area contributed by atoms with E-state index in [2.05, 4.69) is 0 Å². The highest BCUT2D eigenvalue weighted by Gasteiger charge is 2.32. The first-order valence-corrected chi connectivity index (χ1v) is 5.03. The van der Waals surface area contributed by atoms with E-state index in [1.165, 1.54) is 0 Å². The highest BCUT2D eigenvalue weighted by atomic mass is 19.3. The summed E-state index contributed by atoms with van der Waals surface area (Å²) in [6.45, 7) is 1.55. The maximum absolute atomic E-state index is 12.4. The Balaban J connectivity index is 2.39. The molecular formula is C10H16F2O2. The topological polar surface area (TPSA) is 37.3 Å². The average molecular weight is 206 g/mol. The van der Waals surface area contributed by atoms with Gasteiger partial charge in [0, 0.05) is 5.92 Å². The van der Waals surface area contributed by atoms with Gasteiger partial charge < -0.3 is 5.11 Å². The molecule has 0 unspecified atom stereocenters. The lowest BCUT2D eigenvalue weighted by Gasteiger charge is -2.30. The quantitative estimate of drug-likeness (QED) is 0.770. The molecule has 0 radical (unpaired) electrons. The first kappa shape index (κ1) is 11.4. The van der Waals surface area contributed by atoms with E-state index in [-0.39, 0.29) is 11.8 Å². The molecule has 1 rings (SSSR count). The Bertz CT molecular complexity index is 198. The van der Waals surface area contributed by atoms with Gasteiger partial charge in [-0.15, -0.1) is 0 Å². The summed E-state index contributed by atoms with van der Waals surface area (Å²) in [5, 5.41) is 8.72. The van der Waals surface area contributed by atoms with Crippen LogP contribution in [0.2, 0.25) is 0 Å². The molecule has 1 aliphatic carbocycles. The second-order valence-corrected chi connectivity index (χ2v) is 4.14. The molecule has 1 fully saturated rings. The SMILES string of the molecule is C[C@H](C(F)F)C1CCC(C(=O)O)CC1. The molecule has 0 aromatic carbocycles. The Morgan fingerprint density at radius 2 is 1.79 bits per heavy atom. The van der Waals surface area contributed by atoms with Gasteiger partial charge in [0.1, 0.15) is 0 Å². The van der Waals surface area contributed by atoms with Crippen molar-refractivity contribution >= 4 is 5.97 Å². The largest absolute Gasteiger partial charge is 0.481 e. The first-order chi connectivity index (χ1) is 6.52. The average Bonchev–Trinajstić information content (AvgIpc) is 2.16. The van der Waals surface area contributed by atoms with Crippen LogP contribution in [0.15, 0.2) is 0 Å². The lowest BCUT2D eigenvalue weighted by atomic mass is 9.76. The minimum absolute atomic E-state index is 0.00519. The van der Waals surface area contributed by atoms with Crippen LogP contribution in [-0.4, -0.2) is 17.5 Å². The van der Waals surface area contributed by atoms with Gasteiger partial charge >= 0.3 is 5.97 Å². The van der Waals surface area contributed by atoms with Gasteiger partial charge in [-0.1, -0.05) is 6.92 Å². The number of hydrogen-bond acceptors (Lipinski definition) is 1. The number of halogens is 2. The summed E-state index contributed by atoms with van der Waals surface area (Å²) in [6, 6.07) is 0. The van der Waals surface area contributed by atoms with E-state index in [9.17, 15) is 13.6 Å². The van der Waals surface area contributed by atoms with Gasteiger partial charge in [-0.2, -0.15) is 0 Å². The zero-order valence-corrected chi connectivity index (χ0v) is 8.25. The molecular weight excluding hydrogens is 190 g/mol. The van der Waals surface area contributed by atoms with Crippen molar-refractivity contribution in [2.45, 2.75) is 39.0 Å².